The van der Waals surface area contributed by atoms with E-state index in [0.717, 1.165) is 16.6 Å². The lowest BCUT2D eigenvalue weighted by atomic mass is 9.83. The molecule has 0 unspecified atom stereocenters. The lowest BCUT2D eigenvalue weighted by Gasteiger charge is -2.19. The molecule has 9 aromatic carbocycles. The minimum absolute atomic E-state index is 0.918. The van der Waals surface area contributed by atoms with Gasteiger partial charge in [0.25, 0.3) is 0 Å². The summed E-state index contributed by atoms with van der Waals surface area (Å²) in [5.41, 5.74) is 6.92. The van der Waals surface area contributed by atoms with Crippen LogP contribution in [0.2, 0.25) is 0 Å². The minimum Gasteiger partial charge on any atom is -0.456 e. The van der Waals surface area contributed by atoms with E-state index in [4.69, 9.17) is 4.42 Å². The normalized spacial score (nSPS) is 12.2. The molecule has 11 aromatic rings. The van der Waals surface area contributed by atoms with E-state index in [-0.39, 0.29) is 0 Å². The lowest BCUT2D eigenvalue weighted by Crippen LogP contribution is -1.92. The fourth-order valence-electron chi connectivity index (χ4n) is 8.25. The minimum atomic E-state index is 0.918. The Bertz CT molecular complexity index is 3060. The SMILES string of the molecule is c1ccc2c(-c3c4ccccc4c(-c4c5sc6ccc7ccccc7c6c5cc5oc6ccccc6c45)c4ccccc34)cccc2c1. The van der Waals surface area contributed by atoms with E-state index in [1.54, 1.807) is 0 Å². The predicted octanol–water partition coefficient (Wildman–Crippen LogP) is 13.9. The van der Waals surface area contributed by atoms with Crippen molar-refractivity contribution in [3.05, 3.63) is 158 Å². The van der Waals surface area contributed by atoms with Crippen LogP contribution in [0.1, 0.15) is 0 Å². The first-order valence-corrected chi connectivity index (χ1v) is 17.3. The molecule has 0 atom stereocenters. The van der Waals surface area contributed by atoms with Gasteiger partial charge in [0, 0.05) is 36.5 Å². The average Bonchev–Trinajstić information content (AvgIpc) is 3.71. The molecule has 222 valence electrons. The molecule has 0 aliphatic rings. The molecule has 1 nitrogen and oxygen atoms in total. The van der Waals surface area contributed by atoms with Crippen LogP contribution in [0.4, 0.5) is 0 Å². The zero-order chi connectivity index (χ0) is 31.3. The number of furan rings is 1. The van der Waals surface area contributed by atoms with Gasteiger partial charge in [-0.2, -0.15) is 0 Å². The van der Waals surface area contributed by atoms with Gasteiger partial charge < -0.3 is 4.42 Å². The highest BCUT2D eigenvalue weighted by Gasteiger charge is 2.25. The maximum Gasteiger partial charge on any atom is 0.136 e. The van der Waals surface area contributed by atoms with E-state index >= 15 is 0 Å². The van der Waals surface area contributed by atoms with Crippen LogP contribution in [-0.4, -0.2) is 0 Å². The van der Waals surface area contributed by atoms with Gasteiger partial charge in [-0.15, -0.1) is 11.3 Å². The third-order valence-corrected chi connectivity index (χ3v) is 11.4. The Kier molecular flexibility index (Phi) is 5.32. The second kappa shape index (κ2) is 9.78. The Labute approximate surface area is 279 Å². The zero-order valence-corrected chi connectivity index (χ0v) is 26.6. The highest BCUT2D eigenvalue weighted by Crippen LogP contribution is 2.53. The zero-order valence-electron chi connectivity index (χ0n) is 25.8. The second-order valence-electron chi connectivity index (χ2n) is 12.7. The Hall–Kier alpha value is -5.96. The first-order chi connectivity index (χ1) is 23.8. The molecule has 0 saturated heterocycles. The summed E-state index contributed by atoms with van der Waals surface area (Å²) in [6.07, 6.45) is 0. The van der Waals surface area contributed by atoms with Gasteiger partial charge in [0.2, 0.25) is 0 Å². The van der Waals surface area contributed by atoms with Gasteiger partial charge in [-0.1, -0.05) is 140 Å². The first-order valence-electron chi connectivity index (χ1n) is 16.4. The summed E-state index contributed by atoms with van der Waals surface area (Å²) >= 11 is 1.90. The van der Waals surface area contributed by atoms with Gasteiger partial charge >= 0.3 is 0 Å². The van der Waals surface area contributed by atoms with Crippen LogP contribution in [0, 0.1) is 0 Å². The highest BCUT2D eigenvalue weighted by molar-refractivity contribution is 7.26. The molecule has 0 aliphatic heterocycles. The highest BCUT2D eigenvalue weighted by atomic mass is 32.1. The van der Waals surface area contributed by atoms with E-state index in [1.165, 1.54) is 90.9 Å². The molecule has 2 heteroatoms. The van der Waals surface area contributed by atoms with Gasteiger partial charge in [-0.3, -0.25) is 0 Å². The summed E-state index contributed by atoms with van der Waals surface area (Å²) in [5, 5.41) is 15.0. The molecule has 0 aliphatic carbocycles. The number of hydrogen-bond acceptors (Lipinski definition) is 2. The van der Waals surface area contributed by atoms with E-state index in [1.807, 2.05) is 11.3 Å². The van der Waals surface area contributed by atoms with Crippen LogP contribution in [0.3, 0.4) is 0 Å². The second-order valence-corrected chi connectivity index (χ2v) is 13.8. The van der Waals surface area contributed by atoms with Crippen molar-refractivity contribution < 1.29 is 4.42 Å². The van der Waals surface area contributed by atoms with Gasteiger partial charge in [0.05, 0.1) is 0 Å². The summed E-state index contributed by atoms with van der Waals surface area (Å²) < 4.78 is 9.32. The van der Waals surface area contributed by atoms with Crippen molar-refractivity contribution in [3.63, 3.8) is 0 Å². The first kappa shape index (κ1) is 26.1. The van der Waals surface area contributed by atoms with Crippen LogP contribution in [0.15, 0.2) is 162 Å². The maximum atomic E-state index is 6.72. The molecule has 0 spiro atoms. The molecule has 48 heavy (non-hydrogen) atoms. The summed E-state index contributed by atoms with van der Waals surface area (Å²) in [6.45, 7) is 0. The Morgan fingerprint density at radius 2 is 0.917 bits per heavy atom. The van der Waals surface area contributed by atoms with E-state index < -0.39 is 0 Å². The van der Waals surface area contributed by atoms with Crippen molar-refractivity contribution in [2.24, 2.45) is 0 Å². The van der Waals surface area contributed by atoms with E-state index in [2.05, 4.69) is 158 Å². The smallest absolute Gasteiger partial charge is 0.136 e. The number of thiophene rings is 1. The molecule has 11 rings (SSSR count). The lowest BCUT2D eigenvalue weighted by molar-refractivity contribution is 0.669. The van der Waals surface area contributed by atoms with Crippen LogP contribution in [0.25, 0.3) is 107 Å². The molecule has 0 N–H and O–H groups in total. The van der Waals surface area contributed by atoms with Crippen molar-refractivity contribution in [1.82, 2.24) is 0 Å². The molecule has 0 radical (unpaired) electrons. The molecule has 0 fully saturated rings. The third kappa shape index (κ3) is 3.50. The van der Waals surface area contributed by atoms with Crippen LogP contribution >= 0.6 is 11.3 Å². The number of fused-ring (bicyclic) bond motifs is 11. The fourth-order valence-corrected chi connectivity index (χ4v) is 9.51. The number of benzene rings is 9. The van der Waals surface area contributed by atoms with Crippen molar-refractivity contribution in [2.45, 2.75) is 0 Å². The summed E-state index contributed by atoms with van der Waals surface area (Å²) in [5.74, 6) is 0. The van der Waals surface area contributed by atoms with Crippen molar-refractivity contribution >= 4 is 96.5 Å². The summed E-state index contributed by atoms with van der Waals surface area (Å²) in [7, 11) is 0. The number of hydrogen-bond donors (Lipinski definition) is 0. The van der Waals surface area contributed by atoms with Crippen LogP contribution in [0.5, 0.6) is 0 Å². The van der Waals surface area contributed by atoms with E-state index in [0.29, 0.717) is 0 Å². The molecular formula is C46H26OS. The quantitative estimate of drug-likeness (QED) is 0.174. The molecule has 0 amide bonds. The Morgan fingerprint density at radius 1 is 0.354 bits per heavy atom. The third-order valence-electron chi connectivity index (χ3n) is 10.2. The van der Waals surface area contributed by atoms with Crippen molar-refractivity contribution in [2.75, 3.05) is 0 Å². The average molecular weight is 627 g/mol. The van der Waals surface area contributed by atoms with Crippen LogP contribution < -0.4 is 0 Å². The van der Waals surface area contributed by atoms with Gasteiger partial charge in [0.15, 0.2) is 0 Å². The fraction of sp³-hybridized carbons (Fsp3) is 0. The van der Waals surface area contributed by atoms with Crippen molar-refractivity contribution in [1.29, 1.82) is 0 Å². The summed E-state index contributed by atoms with van der Waals surface area (Å²) in [6, 6.07) is 57.6. The van der Waals surface area contributed by atoms with Gasteiger partial charge in [0.1, 0.15) is 11.2 Å². The Balaban J connectivity index is 1.40. The molecular weight excluding hydrogens is 601 g/mol. The maximum absolute atomic E-state index is 6.72. The van der Waals surface area contributed by atoms with Crippen molar-refractivity contribution in [3.8, 4) is 22.3 Å². The molecule has 0 bridgehead atoms. The Morgan fingerprint density at radius 3 is 1.65 bits per heavy atom. The molecule has 2 aromatic heterocycles. The molecule has 0 saturated carbocycles. The largest absolute Gasteiger partial charge is 0.456 e. The number of rotatable bonds is 2. The van der Waals surface area contributed by atoms with E-state index in [9.17, 15) is 0 Å². The van der Waals surface area contributed by atoms with Crippen LogP contribution in [-0.2, 0) is 0 Å². The molecule has 2 heterocycles. The standard InChI is InChI=1S/C46H26OS/c1-3-15-29-27(12-1)14-11-22-31(29)41-32-17-5-7-19-34(32)43(35-20-8-6-18-33(35)41)45-44-36-21-9-10-23-38(36)47-39(44)26-37-42-30-16-4-2-13-28(30)24-25-40(42)48-46(37)45/h1-26H. The van der Waals surface area contributed by atoms with Gasteiger partial charge in [-0.25, -0.2) is 0 Å². The summed E-state index contributed by atoms with van der Waals surface area (Å²) in [4.78, 5) is 0. The predicted molar refractivity (Wildman–Crippen MR) is 208 cm³/mol. The monoisotopic (exact) mass is 626 g/mol. The topological polar surface area (TPSA) is 13.1 Å². The number of para-hydroxylation sites is 1. The van der Waals surface area contributed by atoms with Gasteiger partial charge in [-0.05, 0) is 78.0 Å².